The number of carbonyl (C=O) groups is 1. The van der Waals surface area contributed by atoms with Gasteiger partial charge >= 0.3 is 0 Å². The predicted molar refractivity (Wildman–Crippen MR) is 127 cm³/mol. The lowest BCUT2D eigenvalue weighted by molar-refractivity contribution is -0.133. The van der Waals surface area contributed by atoms with Crippen LogP contribution >= 0.6 is 11.6 Å². The van der Waals surface area contributed by atoms with Crippen LogP contribution in [0.2, 0.25) is 5.02 Å². The zero-order valence-electron chi connectivity index (χ0n) is 18.8. The Kier molecular flexibility index (Phi) is 5.97. The maximum Gasteiger partial charge on any atom is 0.239 e. The van der Waals surface area contributed by atoms with Crippen molar-refractivity contribution in [2.75, 3.05) is 31.1 Å². The molecule has 174 valence electrons. The quantitative estimate of drug-likeness (QED) is 0.630. The number of hydrogen-bond donors (Lipinski definition) is 1. The van der Waals surface area contributed by atoms with Gasteiger partial charge in [-0.2, -0.15) is 0 Å². The molecule has 9 heteroatoms. The Bertz CT molecular complexity index is 1180. The van der Waals surface area contributed by atoms with Crippen molar-refractivity contribution >= 4 is 34.2 Å². The van der Waals surface area contributed by atoms with E-state index < -0.39 is 0 Å². The fourth-order valence-corrected chi connectivity index (χ4v) is 5.18. The van der Waals surface area contributed by atoms with Crippen LogP contribution in [0.25, 0.3) is 11.0 Å². The van der Waals surface area contributed by atoms with Gasteiger partial charge in [0.2, 0.25) is 5.91 Å². The normalized spacial score (nSPS) is 22.2. The highest BCUT2D eigenvalue weighted by molar-refractivity contribution is 6.30. The summed E-state index contributed by atoms with van der Waals surface area (Å²) in [5.41, 5.74) is 3.16. The lowest BCUT2D eigenvalue weighted by Gasteiger charge is -2.42. The monoisotopic (exact) mass is 470 g/mol. The van der Waals surface area contributed by atoms with Crippen LogP contribution in [-0.4, -0.2) is 64.1 Å². The number of aromatic nitrogens is 3. The first-order valence-electron chi connectivity index (χ1n) is 11.5. The highest BCUT2D eigenvalue weighted by Crippen LogP contribution is 2.29. The van der Waals surface area contributed by atoms with Gasteiger partial charge in [0.05, 0.1) is 17.6 Å². The highest BCUT2D eigenvalue weighted by Gasteiger charge is 2.32. The summed E-state index contributed by atoms with van der Waals surface area (Å²) >= 11 is 5.92. The van der Waals surface area contributed by atoms with E-state index in [9.17, 15) is 9.18 Å². The van der Waals surface area contributed by atoms with Crippen LogP contribution in [0, 0.1) is 5.82 Å². The Hall–Kier alpha value is -2.71. The summed E-state index contributed by atoms with van der Waals surface area (Å²) in [4.78, 5) is 17.1. The summed E-state index contributed by atoms with van der Waals surface area (Å²) in [5, 5.41) is 12.3. The minimum absolute atomic E-state index is 0.0322. The third kappa shape index (κ3) is 4.17. The highest BCUT2D eigenvalue weighted by atomic mass is 35.5. The standard InChI is InChI=1S/C24H28ClFN6O/c1-15-14-30(24(33)22-4-3-9-27-22)10-11-31(15)18-6-8-21-23(13-18)32(29-28-21)16(2)19-7-5-17(25)12-20(19)26/h5-8,12-13,15-16,22,27H,3-4,9-11,14H2,1-2H3/t15-,16+,22?/m0/s1. The number of rotatable bonds is 4. The van der Waals surface area contributed by atoms with E-state index in [-0.39, 0.29) is 29.8 Å². The lowest BCUT2D eigenvalue weighted by atomic mass is 10.1. The zero-order chi connectivity index (χ0) is 23.1. The van der Waals surface area contributed by atoms with Crippen LogP contribution in [0.15, 0.2) is 36.4 Å². The Morgan fingerprint density at radius 2 is 2.09 bits per heavy atom. The molecular weight excluding hydrogens is 443 g/mol. The van der Waals surface area contributed by atoms with E-state index in [4.69, 9.17) is 11.6 Å². The van der Waals surface area contributed by atoms with E-state index in [2.05, 4.69) is 33.5 Å². The second-order valence-corrected chi connectivity index (χ2v) is 9.46. The van der Waals surface area contributed by atoms with Crippen molar-refractivity contribution in [3.05, 3.63) is 52.8 Å². The second kappa shape index (κ2) is 8.91. The molecule has 3 aromatic rings. The van der Waals surface area contributed by atoms with Crippen molar-refractivity contribution in [2.45, 2.75) is 44.8 Å². The molecule has 1 aromatic heterocycles. The molecule has 2 aliphatic heterocycles. The van der Waals surface area contributed by atoms with Crippen molar-refractivity contribution < 1.29 is 9.18 Å². The summed E-state index contributed by atoms with van der Waals surface area (Å²) in [6.07, 6.45) is 1.99. The van der Waals surface area contributed by atoms with Crippen LogP contribution in [0.4, 0.5) is 10.1 Å². The molecule has 0 bridgehead atoms. The Labute approximate surface area is 197 Å². The van der Waals surface area contributed by atoms with E-state index in [1.165, 1.54) is 6.07 Å². The molecule has 0 spiro atoms. The van der Waals surface area contributed by atoms with Crippen molar-refractivity contribution in [3.8, 4) is 0 Å². The number of nitrogens with zero attached hydrogens (tertiary/aromatic N) is 5. The van der Waals surface area contributed by atoms with Gasteiger partial charge in [0.25, 0.3) is 0 Å². The van der Waals surface area contributed by atoms with Gasteiger partial charge in [-0.15, -0.1) is 5.10 Å². The SMILES string of the molecule is C[C@H](c1ccc(Cl)cc1F)n1nnc2ccc(N3CCN(C(=O)C4CCCN4)C[C@@H]3C)cc21. The van der Waals surface area contributed by atoms with Gasteiger partial charge in [0.1, 0.15) is 11.3 Å². The van der Waals surface area contributed by atoms with Crippen LogP contribution in [0.3, 0.4) is 0 Å². The van der Waals surface area contributed by atoms with Gasteiger partial charge in [-0.05, 0) is 63.6 Å². The lowest BCUT2D eigenvalue weighted by Crippen LogP contribution is -2.56. The van der Waals surface area contributed by atoms with Crippen molar-refractivity contribution in [2.24, 2.45) is 0 Å². The van der Waals surface area contributed by atoms with Crippen LogP contribution in [0.1, 0.15) is 38.3 Å². The molecule has 2 aromatic carbocycles. The van der Waals surface area contributed by atoms with Crippen LogP contribution in [0.5, 0.6) is 0 Å². The molecule has 2 saturated heterocycles. The molecule has 2 fully saturated rings. The van der Waals surface area contributed by atoms with Crippen molar-refractivity contribution in [1.82, 2.24) is 25.2 Å². The molecular formula is C24H28ClFN6O. The average Bonchev–Trinajstić information content (AvgIpc) is 3.48. The minimum atomic E-state index is -0.360. The first-order chi connectivity index (χ1) is 15.9. The Morgan fingerprint density at radius 3 is 2.82 bits per heavy atom. The number of fused-ring (bicyclic) bond motifs is 1. The zero-order valence-corrected chi connectivity index (χ0v) is 19.6. The average molecular weight is 471 g/mol. The first-order valence-corrected chi connectivity index (χ1v) is 11.9. The molecule has 2 aliphatic rings. The third-order valence-electron chi connectivity index (χ3n) is 6.86. The molecule has 1 N–H and O–H groups in total. The van der Waals surface area contributed by atoms with Gasteiger partial charge in [-0.1, -0.05) is 22.9 Å². The van der Waals surface area contributed by atoms with E-state index in [1.807, 2.05) is 24.0 Å². The maximum absolute atomic E-state index is 14.5. The van der Waals surface area contributed by atoms with Crippen molar-refractivity contribution in [3.63, 3.8) is 0 Å². The fraction of sp³-hybridized carbons (Fsp3) is 0.458. The number of piperazine rings is 1. The summed E-state index contributed by atoms with van der Waals surface area (Å²) in [6, 6.07) is 10.6. The molecule has 3 heterocycles. The smallest absolute Gasteiger partial charge is 0.239 e. The number of hydrogen-bond acceptors (Lipinski definition) is 5. The number of benzene rings is 2. The molecule has 7 nitrogen and oxygen atoms in total. The number of carbonyl (C=O) groups excluding carboxylic acids is 1. The molecule has 0 aliphatic carbocycles. The topological polar surface area (TPSA) is 66.3 Å². The minimum Gasteiger partial charge on any atom is -0.365 e. The largest absolute Gasteiger partial charge is 0.365 e. The van der Waals surface area contributed by atoms with Gasteiger partial charge in [-0.25, -0.2) is 9.07 Å². The molecule has 0 saturated carbocycles. The molecule has 1 unspecified atom stereocenters. The Balaban J connectivity index is 1.38. The predicted octanol–water partition coefficient (Wildman–Crippen LogP) is 3.62. The van der Waals surface area contributed by atoms with Gasteiger partial charge < -0.3 is 15.1 Å². The summed E-state index contributed by atoms with van der Waals surface area (Å²) < 4.78 is 16.3. The number of nitrogens with one attached hydrogen (secondary N) is 1. The molecule has 33 heavy (non-hydrogen) atoms. The number of halogens is 2. The Morgan fingerprint density at radius 1 is 1.24 bits per heavy atom. The van der Waals surface area contributed by atoms with E-state index in [0.29, 0.717) is 23.7 Å². The van der Waals surface area contributed by atoms with Crippen LogP contribution in [-0.2, 0) is 4.79 Å². The van der Waals surface area contributed by atoms with Gasteiger partial charge in [-0.3, -0.25) is 4.79 Å². The van der Waals surface area contributed by atoms with Gasteiger partial charge in [0, 0.05) is 41.9 Å². The third-order valence-corrected chi connectivity index (χ3v) is 7.10. The number of amides is 1. The van der Waals surface area contributed by atoms with E-state index in [1.54, 1.807) is 16.8 Å². The molecule has 5 rings (SSSR count). The second-order valence-electron chi connectivity index (χ2n) is 9.02. The maximum atomic E-state index is 14.5. The number of anilines is 1. The molecule has 1 amide bonds. The fourth-order valence-electron chi connectivity index (χ4n) is 5.02. The summed E-state index contributed by atoms with van der Waals surface area (Å²) in [7, 11) is 0. The molecule has 3 atom stereocenters. The summed E-state index contributed by atoms with van der Waals surface area (Å²) in [6.45, 7) is 7.12. The van der Waals surface area contributed by atoms with Crippen LogP contribution < -0.4 is 10.2 Å². The van der Waals surface area contributed by atoms with Gasteiger partial charge in [0.15, 0.2) is 0 Å². The van der Waals surface area contributed by atoms with E-state index >= 15 is 0 Å². The van der Waals surface area contributed by atoms with Crippen molar-refractivity contribution in [1.29, 1.82) is 0 Å². The molecule has 0 radical (unpaired) electrons. The van der Waals surface area contributed by atoms with E-state index in [0.717, 1.165) is 42.7 Å². The summed E-state index contributed by atoms with van der Waals surface area (Å²) in [5.74, 6) is -0.142. The first kappa shape index (κ1) is 22.1.